The van der Waals surface area contributed by atoms with Crippen molar-refractivity contribution in [3.05, 3.63) is 59.9 Å². The standard InChI is InChI=1S/C20H24FN3O2/c1-26-19-9-5-4-8-18(19)24-12-10-23(11-13-24)15-20(25)22-14-16-6-2-3-7-17(16)21/h2-9H,10-15H2,1H3,(H,22,25)/p+1. The first-order chi connectivity index (χ1) is 12.7. The lowest BCUT2D eigenvalue weighted by Gasteiger charge is -2.34. The van der Waals surface area contributed by atoms with Gasteiger partial charge >= 0.3 is 0 Å². The van der Waals surface area contributed by atoms with Gasteiger partial charge in [-0.2, -0.15) is 0 Å². The van der Waals surface area contributed by atoms with Crippen LogP contribution in [0.4, 0.5) is 10.1 Å². The number of ether oxygens (including phenoxy) is 1. The largest absolute Gasteiger partial charge is 0.495 e. The Morgan fingerprint density at radius 2 is 1.85 bits per heavy atom. The van der Waals surface area contributed by atoms with Gasteiger partial charge in [-0.15, -0.1) is 0 Å². The van der Waals surface area contributed by atoms with Crippen molar-refractivity contribution < 1.29 is 18.8 Å². The van der Waals surface area contributed by atoms with Crippen molar-refractivity contribution in [3.8, 4) is 5.75 Å². The first-order valence-corrected chi connectivity index (χ1v) is 8.89. The number of anilines is 1. The van der Waals surface area contributed by atoms with Crippen LogP contribution in [0.2, 0.25) is 0 Å². The zero-order valence-corrected chi connectivity index (χ0v) is 15.0. The van der Waals surface area contributed by atoms with Crippen LogP contribution in [-0.2, 0) is 11.3 Å². The summed E-state index contributed by atoms with van der Waals surface area (Å²) >= 11 is 0. The molecule has 0 aliphatic carbocycles. The fraction of sp³-hybridized carbons (Fsp3) is 0.350. The molecule has 138 valence electrons. The van der Waals surface area contributed by atoms with Crippen LogP contribution in [0.15, 0.2) is 48.5 Å². The number of halogens is 1. The summed E-state index contributed by atoms with van der Waals surface area (Å²) in [5, 5.41) is 2.81. The summed E-state index contributed by atoms with van der Waals surface area (Å²) in [5.41, 5.74) is 1.61. The van der Waals surface area contributed by atoms with Crippen molar-refractivity contribution in [3.63, 3.8) is 0 Å². The summed E-state index contributed by atoms with van der Waals surface area (Å²) in [6, 6.07) is 14.5. The second kappa shape index (κ2) is 8.67. The molecular formula is C20H25FN3O2+. The Morgan fingerprint density at radius 3 is 2.58 bits per heavy atom. The molecule has 0 atom stereocenters. The SMILES string of the molecule is COc1ccccc1N1CC[NH+](CC(=O)NCc2ccccc2F)CC1. The number of rotatable bonds is 6. The van der Waals surface area contributed by atoms with E-state index in [1.165, 1.54) is 11.0 Å². The molecule has 2 N–H and O–H groups in total. The van der Waals surface area contributed by atoms with E-state index < -0.39 is 0 Å². The van der Waals surface area contributed by atoms with E-state index in [-0.39, 0.29) is 18.3 Å². The molecule has 6 heteroatoms. The van der Waals surface area contributed by atoms with Gasteiger partial charge in [0.15, 0.2) is 6.54 Å². The Morgan fingerprint density at radius 1 is 1.15 bits per heavy atom. The zero-order valence-electron chi connectivity index (χ0n) is 15.0. The Kier molecular flexibility index (Phi) is 6.07. The van der Waals surface area contributed by atoms with Crippen molar-refractivity contribution in [1.82, 2.24) is 5.32 Å². The molecule has 1 heterocycles. The van der Waals surface area contributed by atoms with Crippen molar-refractivity contribution in [2.24, 2.45) is 0 Å². The summed E-state index contributed by atoms with van der Waals surface area (Å²) in [7, 11) is 1.68. The molecular weight excluding hydrogens is 333 g/mol. The summed E-state index contributed by atoms with van der Waals surface area (Å²) in [5.74, 6) is 0.540. The molecule has 1 saturated heterocycles. The molecule has 0 saturated carbocycles. The average molecular weight is 358 g/mol. The van der Waals surface area contributed by atoms with Gasteiger partial charge in [0.05, 0.1) is 39.0 Å². The van der Waals surface area contributed by atoms with Crippen LogP contribution in [0.1, 0.15) is 5.56 Å². The number of para-hydroxylation sites is 2. The highest BCUT2D eigenvalue weighted by Gasteiger charge is 2.23. The van der Waals surface area contributed by atoms with E-state index >= 15 is 0 Å². The van der Waals surface area contributed by atoms with Crippen molar-refractivity contribution in [2.45, 2.75) is 6.54 Å². The third kappa shape index (κ3) is 4.52. The third-order valence-corrected chi connectivity index (χ3v) is 4.74. The smallest absolute Gasteiger partial charge is 0.275 e. The minimum absolute atomic E-state index is 0.0472. The van der Waals surface area contributed by atoms with Crippen LogP contribution in [-0.4, -0.2) is 45.7 Å². The minimum Gasteiger partial charge on any atom is -0.495 e. The monoisotopic (exact) mass is 358 g/mol. The maximum Gasteiger partial charge on any atom is 0.275 e. The van der Waals surface area contributed by atoms with Crippen LogP contribution in [0.25, 0.3) is 0 Å². The number of nitrogens with one attached hydrogen (secondary N) is 2. The van der Waals surface area contributed by atoms with Crippen LogP contribution in [0, 0.1) is 5.82 Å². The fourth-order valence-corrected chi connectivity index (χ4v) is 3.26. The number of hydrogen-bond donors (Lipinski definition) is 2. The highest BCUT2D eigenvalue weighted by atomic mass is 19.1. The quantitative estimate of drug-likeness (QED) is 0.805. The second-order valence-electron chi connectivity index (χ2n) is 6.45. The lowest BCUT2D eigenvalue weighted by Crippen LogP contribution is -3.15. The van der Waals surface area contributed by atoms with Crippen LogP contribution in [0.3, 0.4) is 0 Å². The van der Waals surface area contributed by atoms with Crippen molar-refractivity contribution in [2.75, 3.05) is 44.7 Å². The third-order valence-electron chi connectivity index (χ3n) is 4.74. The Balaban J connectivity index is 1.46. The van der Waals surface area contributed by atoms with Gasteiger partial charge in [0.25, 0.3) is 5.91 Å². The first-order valence-electron chi connectivity index (χ1n) is 8.89. The molecule has 0 radical (unpaired) electrons. The van der Waals surface area contributed by atoms with Gasteiger partial charge < -0.3 is 19.9 Å². The molecule has 2 aromatic carbocycles. The molecule has 26 heavy (non-hydrogen) atoms. The molecule has 3 rings (SSSR count). The topological polar surface area (TPSA) is 46.0 Å². The number of nitrogens with zero attached hydrogens (tertiary/aromatic N) is 1. The summed E-state index contributed by atoms with van der Waals surface area (Å²) in [4.78, 5) is 15.7. The van der Waals surface area contributed by atoms with Gasteiger partial charge in [-0.3, -0.25) is 4.79 Å². The summed E-state index contributed by atoms with van der Waals surface area (Å²) in [6.45, 7) is 4.14. The second-order valence-corrected chi connectivity index (χ2v) is 6.45. The van der Waals surface area contributed by atoms with E-state index in [2.05, 4.69) is 16.3 Å². The number of amides is 1. The first kappa shape index (κ1) is 18.2. The van der Waals surface area contributed by atoms with Crippen LogP contribution in [0.5, 0.6) is 5.75 Å². The normalized spacial score (nSPS) is 14.9. The molecule has 0 aromatic heterocycles. The fourth-order valence-electron chi connectivity index (χ4n) is 3.26. The van der Waals surface area contributed by atoms with E-state index in [1.807, 2.05) is 18.2 Å². The van der Waals surface area contributed by atoms with E-state index in [1.54, 1.807) is 25.3 Å². The highest BCUT2D eigenvalue weighted by Crippen LogP contribution is 2.27. The van der Waals surface area contributed by atoms with Gasteiger partial charge in [0, 0.05) is 12.1 Å². The van der Waals surface area contributed by atoms with E-state index in [0.717, 1.165) is 37.6 Å². The molecule has 0 bridgehead atoms. The van der Waals surface area contributed by atoms with E-state index in [0.29, 0.717) is 12.1 Å². The van der Waals surface area contributed by atoms with Crippen LogP contribution >= 0.6 is 0 Å². The number of benzene rings is 2. The number of carbonyl (C=O) groups excluding carboxylic acids is 1. The number of carbonyl (C=O) groups is 1. The molecule has 1 amide bonds. The van der Waals surface area contributed by atoms with Crippen molar-refractivity contribution >= 4 is 11.6 Å². The lowest BCUT2D eigenvalue weighted by molar-refractivity contribution is -0.892. The molecule has 1 aliphatic rings. The van der Waals surface area contributed by atoms with Crippen molar-refractivity contribution in [1.29, 1.82) is 0 Å². The van der Waals surface area contributed by atoms with Gasteiger partial charge in [-0.25, -0.2) is 4.39 Å². The predicted octanol–water partition coefficient (Wildman–Crippen LogP) is 0.856. The predicted molar refractivity (Wildman–Crippen MR) is 99.0 cm³/mol. The molecule has 1 fully saturated rings. The summed E-state index contributed by atoms with van der Waals surface area (Å²) in [6.07, 6.45) is 0. The van der Waals surface area contributed by atoms with Gasteiger partial charge in [-0.05, 0) is 18.2 Å². The van der Waals surface area contributed by atoms with Gasteiger partial charge in [0.1, 0.15) is 11.6 Å². The Labute approximate surface area is 153 Å². The Hall–Kier alpha value is -2.60. The number of quaternary nitrogens is 1. The molecule has 0 unspecified atom stereocenters. The molecule has 0 spiro atoms. The lowest BCUT2D eigenvalue weighted by atomic mass is 10.2. The van der Waals surface area contributed by atoms with Crippen LogP contribution < -0.4 is 19.9 Å². The number of methoxy groups -OCH3 is 1. The number of piperazine rings is 1. The molecule has 1 aliphatic heterocycles. The van der Waals surface area contributed by atoms with E-state index in [9.17, 15) is 9.18 Å². The average Bonchev–Trinajstić information content (AvgIpc) is 2.68. The molecule has 2 aromatic rings. The molecule has 5 nitrogen and oxygen atoms in total. The zero-order chi connectivity index (χ0) is 18.4. The van der Waals surface area contributed by atoms with Gasteiger partial charge in [0.2, 0.25) is 0 Å². The summed E-state index contributed by atoms with van der Waals surface area (Å²) < 4.78 is 19.0. The van der Waals surface area contributed by atoms with E-state index in [4.69, 9.17) is 4.74 Å². The number of hydrogen-bond acceptors (Lipinski definition) is 3. The maximum atomic E-state index is 13.6. The highest BCUT2D eigenvalue weighted by molar-refractivity contribution is 5.76. The van der Waals surface area contributed by atoms with Gasteiger partial charge in [-0.1, -0.05) is 30.3 Å². The maximum absolute atomic E-state index is 13.6. The Bertz CT molecular complexity index is 745. The minimum atomic E-state index is -0.287.